The largest absolute Gasteiger partial charge is 0.497 e. The van der Waals surface area contributed by atoms with E-state index in [1.165, 1.54) is 0 Å². The summed E-state index contributed by atoms with van der Waals surface area (Å²) in [6.07, 6.45) is 1.16. The molecule has 0 aromatic heterocycles. The Hall–Kier alpha value is -1.75. The average Bonchev–Trinajstić information content (AvgIpc) is 2.59. The van der Waals surface area contributed by atoms with Crippen molar-refractivity contribution in [2.24, 2.45) is 0 Å². The zero-order chi connectivity index (χ0) is 15.9. The molecule has 1 unspecified atom stereocenters. The van der Waals surface area contributed by atoms with Crippen molar-refractivity contribution in [1.82, 2.24) is 15.1 Å². The van der Waals surface area contributed by atoms with Gasteiger partial charge in [-0.15, -0.1) is 0 Å². The smallest absolute Gasteiger partial charge is 0.317 e. The normalized spacial score (nSPS) is 17.1. The highest BCUT2D eigenvalue weighted by atomic mass is 16.5. The van der Waals surface area contributed by atoms with E-state index in [0.717, 1.165) is 43.9 Å². The fourth-order valence-corrected chi connectivity index (χ4v) is 2.66. The second-order valence-electron chi connectivity index (χ2n) is 5.79. The van der Waals surface area contributed by atoms with Crippen LogP contribution in [0.4, 0.5) is 4.79 Å². The van der Waals surface area contributed by atoms with Gasteiger partial charge in [0.2, 0.25) is 0 Å². The van der Waals surface area contributed by atoms with Crippen LogP contribution >= 0.6 is 0 Å². The van der Waals surface area contributed by atoms with E-state index >= 15 is 0 Å². The first kappa shape index (κ1) is 16.6. The Labute approximate surface area is 133 Å². The maximum absolute atomic E-state index is 12.2. The number of rotatable bonds is 5. The van der Waals surface area contributed by atoms with Crippen molar-refractivity contribution in [3.05, 3.63) is 29.8 Å². The molecule has 1 aliphatic heterocycles. The number of amides is 2. The molecule has 5 heteroatoms. The molecule has 1 atom stereocenters. The highest BCUT2D eigenvalue weighted by Gasteiger charge is 2.22. The van der Waals surface area contributed by atoms with Crippen LogP contribution in [0.1, 0.15) is 25.8 Å². The minimum atomic E-state index is 0.0274. The molecule has 122 valence electrons. The molecule has 0 spiro atoms. The lowest BCUT2D eigenvalue weighted by molar-refractivity contribution is 0.112. The second kappa shape index (κ2) is 8.03. The molecule has 1 N–H and O–H groups in total. The Bertz CT molecular complexity index is 467. The third-order valence-corrected chi connectivity index (χ3v) is 4.42. The van der Waals surface area contributed by atoms with Gasteiger partial charge in [-0.3, -0.25) is 4.90 Å². The monoisotopic (exact) mass is 305 g/mol. The predicted molar refractivity (Wildman–Crippen MR) is 88.1 cm³/mol. The summed E-state index contributed by atoms with van der Waals surface area (Å²) in [7, 11) is 1.65. The van der Waals surface area contributed by atoms with Crippen molar-refractivity contribution in [3.63, 3.8) is 0 Å². The Morgan fingerprint density at radius 2 is 1.86 bits per heavy atom. The fourth-order valence-electron chi connectivity index (χ4n) is 2.66. The molecule has 0 radical (unpaired) electrons. The number of benzene rings is 1. The lowest BCUT2D eigenvalue weighted by Crippen LogP contribution is -2.53. The molecular weight excluding hydrogens is 278 g/mol. The van der Waals surface area contributed by atoms with Crippen LogP contribution in [-0.2, 0) is 6.54 Å². The molecule has 22 heavy (non-hydrogen) atoms. The predicted octanol–water partition coefficient (Wildman–Crippen LogP) is 2.32. The van der Waals surface area contributed by atoms with Crippen molar-refractivity contribution in [1.29, 1.82) is 0 Å². The highest BCUT2D eigenvalue weighted by molar-refractivity contribution is 5.74. The van der Waals surface area contributed by atoms with Crippen molar-refractivity contribution >= 4 is 6.03 Å². The third-order valence-electron chi connectivity index (χ3n) is 4.42. The van der Waals surface area contributed by atoms with Gasteiger partial charge in [-0.2, -0.15) is 0 Å². The first-order chi connectivity index (χ1) is 10.6. The lowest BCUT2D eigenvalue weighted by Gasteiger charge is -2.37. The van der Waals surface area contributed by atoms with E-state index in [1.54, 1.807) is 7.11 Å². The third kappa shape index (κ3) is 4.37. The summed E-state index contributed by atoms with van der Waals surface area (Å²) in [5, 5.41) is 2.99. The first-order valence-corrected chi connectivity index (χ1v) is 8.03. The Balaban J connectivity index is 1.76. The highest BCUT2D eigenvalue weighted by Crippen LogP contribution is 2.12. The SMILES string of the molecule is CCC(C)N1CCN(C(=O)NCc2ccc(OC)cc2)CC1. The van der Waals surface area contributed by atoms with Crippen molar-refractivity contribution < 1.29 is 9.53 Å². The van der Waals surface area contributed by atoms with Crippen LogP contribution < -0.4 is 10.1 Å². The van der Waals surface area contributed by atoms with Crippen LogP contribution in [0.5, 0.6) is 5.75 Å². The second-order valence-corrected chi connectivity index (χ2v) is 5.79. The first-order valence-electron chi connectivity index (χ1n) is 8.03. The molecule has 1 aromatic rings. The summed E-state index contributed by atoms with van der Waals surface area (Å²) >= 11 is 0. The number of nitrogens with zero attached hydrogens (tertiary/aromatic N) is 2. The number of nitrogens with one attached hydrogen (secondary N) is 1. The van der Waals surface area contributed by atoms with Crippen molar-refractivity contribution in [2.45, 2.75) is 32.9 Å². The summed E-state index contributed by atoms with van der Waals surface area (Å²) < 4.78 is 5.13. The number of hydrogen-bond donors (Lipinski definition) is 1. The maximum atomic E-state index is 12.2. The molecule has 2 rings (SSSR count). The number of carbonyl (C=O) groups excluding carboxylic acids is 1. The van der Waals surface area contributed by atoms with E-state index in [-0.39, 0.29) is 6.03 Å². The summed E-state index contributed by atoms with van der Waals surface area (Å²) in [6.45, 7) is 8.54. The van der Waals surface area contributed by atoms with E-state index in [1.807, 2.05) is 29.2 Å². The van der Waals surface area contributed by atoms with Gasteiger partial charge in [0.1, 0.15) is 5.75 Å². The number of urea groups is 1. The van der Waals surface area contributed by atoms with Gasteiger partial charge in [-0.25, -0.2) is 4.79 Å². The zero-order valence-corrected chi connectivity index (χ0v) is 13.8. The molecule has 0 aliphatic carbocycles. The molecule has 1 heterocycles. The molecule has 5 nitrogen and oxygen atoms in total. The number of carbonyl (C=O) groups is 1. The number of methoxy groups -OCH3 is 1. The summed E-state index contributed by atoms with van der Waals surface area (Å²) in [6, 6.07) is 8.39. The van der Waals surface area contributed by atoms with Gasteiger partial charge in [0, 0.05) is 38.8 Å². The van der Waals surface area contributed by atoms with E-state index < -0.39 is 0 Å². The molecule has 2 amide bonds. The van der Waals surface area contributed by atoms with Gasteiger partial charge in [0.05, 0.1) is 7.11 Å². The van der Waals surface area contributed by atoms with Crippen molar-refractivity contribution in [2.75, 3.05) is 33.3 Å². The summed E-state index contributed by atoms with van der Waals surface area (Å²) in [5.74, 6) is 0.830. The van der Waals surface area contributed by atoms with E-state index in [4.69, 9.17) is 4.74 Å². The molecule has 1 aromatic carbocycles. The van der Waals surface area contributed by atoms with Gasteiger partial charge in [0.15, 0.2) is 0 Å². The number of hydrogen-bond acceptors (Lipinski definition) is 3. The topological polar surface area (TPSA) is 44.8 Å². The number of piperazine rings is 1. The quantitative estimate of drug-likeness (QED) is 0.908. The molecule has 1 aliphatic rings. The lowest BCUT2D eigenvalue weighted by atomic mass is 10.2. The van der Waals surface area contributed by atoms with Crippen LogP contribution in [0.2, 0.25) is 0 Å². The van der Waals surface area contributed by atoms with Crippen LogP contribution in [0.3, 0.4) is 0 Å². The van der Waals surface area contributed by atoms with Gasteiger partial charge in [-0.05, 0) is 31.0 Å². The van der Waals surface area contributed by atoms with Crippen LogP contribution in [0, 0.1) is 0 Å². The van der Waals surface area contributed by atoms with E-state index in [2.05, 4.69) is 24.1 Å². The van der Waals surface area contributed by atoms with Crippen molar-refractivity contribution in [3.8, 4) is 5.75 Å². The van der Waals surface area contributed by atoms with Gasteiger partial charge < -0.3 is 15.0 Å². The van der Waals surface area contributed by atoms with Gasteiger partial charge in [0.25, 0.3) is 0 Å². The maximum Gasteiger partial charge on any atom is 0.317 e. The Morgan fingerprint density at radius 1 is 1.23 bits per heavy atom. The zero-order valence-electron chi connectivity index (χ0n) is 13.8. The van der Waals surface area contributed by atoms with Crippen LogP contribution in [-0.4, -0.2) is 55.2 Å². The molecular formula is C17H27N3O2. The Morgan fingerprint density at radius 3 is 2.41 bits per heavy atom. The Kier molecular flexibility index (Phi) is 6.07. The van der Waals surface area contributed by atoms with Crippen LogP contribution in [0.15, 0.2) is 24.3 Å². The molecule has 0 saturated carbocycles. The summed E-state index contributed by atoms with van der Waals surface area (Å²) in [5.41, 5.74) is 1.08. The van der Waals surface area contributed by atoms with Crippen LogP contribution in [0.25, 0.3) is 0 Å². The van der Waals surface area contributed by atoms with E-state index in [9.17, 15) is 4.79 Å². The minimum Gasteiger partial charge on any atom is -0.497 e. The number of ether oxygens (including phenoxy) is 1. The molecule has 1 saturated heterocycles. The summed E-state index contributed by atoms with van der Waals surface area (Å²) in [4.78, 5) is 16.6. The fraction of sp³-hybridized carbons (Fsp3) is 0.588. The van der Waals surface area contributed by atoms with E-state index in [0.29, 0.717) is 12.6 Å². The van der Waals surface area contributed by atoms with Gasteiger partial charge in [-0.1, -0.05) is 19.1 Å². The van der Waals surface area contributed by atoms with Gasteiger partial charge >= 0.3 is 6.03 Å². The minimum absolute atomic E-state index is 0.0274. The molecule has 1 fully saturated rings. The molecule has 0 bridgehead atoms. The standard InChI is InChI=1S/C17H27N3O2/c1-4-14(2)19-9-11-20(12-10-19)17(21)18-13-15-5-7-16(22-3)8-6-15/h5-8,14H,4,9-13H2,1-3H3,(H,18,21). The average molecular weight is 305 g/mol.